The van der Waals surface area contributed by atoms with Crippen molar-refractivity contribution in [3.8, 4) is 0 Å². The minimum absolute atomic E-state index is 0. The predicted octanol–water partition coefficient (Wildman–Crippen LogP) is 4.47. The molecule has 3 N–H and O–H groups in total. The minimum Gasteiger partial charge on any atom is -0.352 e. The predicted molar refractivity (Wildman–Crippen MR) is 128 cm³/mol. The SMILES string of the molecule is CCCC(=O)Nc1cccc(CNC(=NC)NCc2ccccc2CC)c1.I. The van der Waals surface area contributed by atoms with Gasteiger partial charge in [0.1, 0.15) is 0 Å². The summed E-state index contributed by atoms with van der Waals surface area (Å²) in [6, 6.07) is 16.3. The highest BCUT2D eigenvalue weighted by atomic mass is 127. The molecule has 2 rings (SSSR count). The van der Waals surface area contributed by atoms with Crippen LogP contribution in [-0.2, 0) is 24.3 Å². The van der Waals surface area contributed by atoms with Gasteiger partial charge in [0.05, 0.1) is 0 Å². The van der Waals surface area contributed by atoms with Crippen molar-refractivity contribution in [2.45, 2.75) is 46.2 Å². The molecule has 0 atom stereocenters. The summed E-state index contributed by atoms with van der Waals surface area (Å²) >= 11 is 0. The normalized spacial score (nSPS) is 10.8. The second-order valence-electron chi connectivity index (χ2n) is 6.40. The van der Waals surface area contributed by atoms with Crippen LogP contribution in [0.5, 0.6) is 0 Å². The lowest BCUT2D eigenvalue weighted by molar-refractivity contribution is -0.116. The first-order valence-electron chi connectivity index (χ1n) is 9.56. The Bertz CT molecular complexity index is 777. The molecule has 0 radical (unpaired) electrons. The zero-order valence-electron chi connectivity index (χ0n) is 16.9. The molecule has 6 heteroatoms. The largest absolute Gasteiger partial charge is 0.352 e. The van der Waals surface area contributed by atoms with Gasteiger partial charge in [0.2, 0.25) is 5.91 Å². The quantitative estimate of drug-likeness (QED) is 0.288. The number of nitrogens with one attached hydrogen (secondary N) is 3. The second-order valence-corrected chi connectivity index (χ2v) is 6.40. The van der Waals surface area contributed by atoms with E-state index in [-0.39, 0.29) is 29.9 Å². The van der Waals surface area contributed by atoms with Crippen molar-refractivity contribution in [3.63, 3.8) is 0 Å². The van der Waals surface area contributed by atoms with Gasteiger partial charge in [-0.25, -0.2) is 0 Å². The van der Waals surface area contributed by atoms with Crippen LogP contribution in [0.25, 0.3) is 0 Å². The van der Waals surface area contributed by atoms with E-state index in [4.69, 9.17) is 0 Å². The lowest BCUT2D eigenvalue weighted by Gasteiger charge is -2.14. The number of aryl methyl sites for hydroxylation is 1. The summed E-state index contributed by atoms with van der Waals surface area (Å²) in [6.45, 7) is 5.53. The van der Waals surface area contributed by atoms with E-state index in [1.54, 1.807) is 7.05 Å². The highest BCUT2D eigenvalue weighted by Crippen LogP contribution is 2.12. The number of anilines is 1. The van der Waals surface area contributed by atoms with Crippen LogP contribution in [0.4, 0.5) is 5.69 Å². The van der Waals surface area contributed by atoms with E-state index >= 15 is 0 Å². The number of hydrogen-bond acceptors (Lipinski definition) is 2. The first-order valence-corrected chi connectivity index (χ1v) is 9.56. The Hall–Kier alpha value is -2.09. The zero-order valence-corrected chi connectivity index (χ0v) is 19.2. The first-order chi connectivity index (χ1) is 13.2. The van der Waals surface area contributed by atoms with Crippen LogP contribution in [0.2, 0.25) is 0 Å². The standard InChI is InChI=1S/C22H30N4O.HI/c1-4-9-21(27)26-20-13-8-10-17(14-20)15-24-22(23-3)25-16-19-12-7-6-11-18(19)5-2;/h6-8,10-14H,4-5,9,15-16H2,1-3H3,(H,26,27)(H2,23,24,25);1H. The third kappa shape index (κ3) is 7.88. The Morgan fingerprint density at radius 1 is 0.964 bits per heavy atom. The average Bonchev–Trinajstić information content (AvgIpc) is 2.69. The molecule has 0 saturated carbocycles. The number of carbonyl (C=O) groups is 1. The van der Waals surface area contributed by atoms with Gasteiger partial charge < -0.3 is 16.0 Å². The number of guanidine groups is 1. The molecule has 0 aromatic heterocycles. The minimum atomic E-state index is 0. The van der Waals surface area contributed by atoms with Crippen molar-refractivity contribution in [2.75, 3.05) is 12.4 Å². The Labute approximate surface area is 185 Å². The molecule has 0 fully saturated rings. The van der Waals surface area contributed by atoms with Crippen molar-refractivity contribution in [1.29, 1.82) is 0 Å². The number of hydrogen-bond donors (Lipinski definition) is 3. The van der Waals surface area contributed by atoms with Crippen molar-refractivity contribution >= 4 is 41.5 Å². The van der Waals surface area contributed by atoms with Gasteiger partial charge in [-0.15, -0.1) is 24.0 Å². The topological polar surface area (TPSA) is 65.5 Å². The molecule has 0 aliphatic carbocycles. The molecule has 28 heavy (non-hydrogen) atoms. The lowest BCUT2D eigenvalue weighted by Crippen LogP contribution is -2.36. The molecule has 2 aromatic rings. The summed E-state index contributed by atoms with van der Waals surface area (Å²) in [5.41, 5.74) is 4.54. The fourth-order valence-corrected chi connectivity index (χ4v) is 2.87. The van der Waals surface area contributed by atoms with Gasteiger partial charge >= 0.3 is 0 Å². The fraction of sp³-hybridized carbons (Fsp3) is 0.364. The van der Waals surface area contributed by atoms with E-state index in [9.17, 15) is 4.79 Å². The van der Waals surface area contributed by atoms with Crippen molar-refractivity contribution in [3.05, 3.63) is 65.2 Å². The first kappa shape index (κ1) is 23.9. The molecular weight excluding hydrogens is 463 g/mol. The average molecular weight is 494 g/mol. The lowest BCUT2D eigenvalue weighted by atomic mass is 10.1. The molecular formula is C22H31IN4O. The van der Waals surface area contributed by atoms with Gasteiger partial charge in [0, 0.05) is 32.2 Å². The van der Waals surface area contributed by atoms with Gasteiger partial charge in [0.15, 0.2) is 5.96 Å². The monoisotopic (exact) mass is 494 g/mol. The van der Waals surface area contributed by atoms with Gasteiger partial charge in [-0.3, -0.25) is 9.79 Å². The molecule has 0 saturated heterocycles. The Morgan fingerprint density at radius 2 is 1.68 bits per heavy atom. The Balaban J connectivity index is 0.00000392. The van der Waals surface area contributed by atoms with Crippen LogP contribution in [-0.4, -0.2) is 18.9 Å². The molecule has 0 unspecified atom stereocenters. The summed E-state index contributed by atoms with van der Waals surface area (Å²) in [7, 11) is 1.77. The van der Waals surface area contributed by atoms with Crippen LogP contribution in [0, 0.1) is 0 Å². The van der Waals surface area contributed by atoms with E-state index < -0.39 is 0 Å². The summed E-state index contributed by atoms with van der Waals surface area (Å²) < 4.78 is 0. The van der Waals surface area contributed by atoms with Gasteiger partial charge in [0.25, 0.3) is 0 Å². The van der Waals surface area contributed by atoms with Gasteiger partial charge in [-0.1, -0.05) is 50.2 Å². The van der Waals surface area contributed by atoms with E-state index in [0.29, 0.717) is 13.0 Å². The summed E-state index contributed by atoms with van der Waals surface area (Å²) in [5.74, 6) is 0.802. The smallest absolute Gasteiger partial charge is 0.224 e. The maximum absolute atomic E-state index is 11.8. The third-order valence-electron chi connectivity index (χ3n) is 4.32. The molecule has 0 heterocycles. The summed E-state index contributed by atoms with van der Waals surface area (Å²) in [6.07, 6.45) is 2.40. The number of aliphatic imine (C=N–C) groups is 1. The molecule has 0 aliphatic rings. The van der Waals surface area contributed by atoms with Crippen molar-refractivity contribution in [2.24, 2.45) is 4.99 Å². The van der Waals surface area contributed by atoms with Crippen LogP contribution in [0.3, 0.4) is 0 Å². The van der Waals surface area contributed by atoms with Gasteiger partial charge in [-0.2, -0.15) is 0 Å². The number of benzene rings is 2. The molecule has 0 aliphatic heterocycles. The fourth-order valence-electron chi connectivity index (χ4n) is 2.87. The number of halogens is 1. The Kier molecular flexibility index (Phi) is 11.2. The molecule has 0 bridgehead atoms. The summed E-state index contributed by atoms with van der Waals surface area (Å²) in [4.78, 5) is 16.0. The number of carbonyl (C=O) groups excluding carboxylic acids is 1. The van der Waals surface area contributed by atoms with Crippen LogP contribution < -0.4 is 16.0 Å². The third-order valence-corrected chi connectivity index (χ3v) is 4.32. The van der Waals surface area contributed by atoms with Crippen LogP contribution in [0.1, 0.15) is 43.4 Å². The highest BCUT2D eigenvalue weighted by molar-refractivity contribution is 14.0. The Morgan fingerprint density at radius 3 is 2.36 bits per heavy atom. The number of nitrogens with zero attached hydrogens (tertiary/aromatic N) is 1. The second kappa shape index (κ2) is 13.1. The van der Waals surface area contributed by atoms with Crippen LogP contribution in [0.15, 0.2) is 53.5 Å². The number of amides is 1. The van der Waals surface area contributed by atoms with Crippen molar-refractivity contribution in [1.82, 2.24) is 10.6 Å². The maximum Gasteiger partial charge on any atom is 0.224 e. The zero-order chi connectivity index (χ0) is 19.5. The van der Waals surface area contributed by atoms with E-state index in [2.05, 4.69) is 52.1 Å². The number of rotatable bonds is 8. The molecule has 152 valence electrons. The van der Waals surface area contributed by atoms with E-state index in [0.717, 1.165) is 36.6 Å². The maximum atomic E-state index is 11.8. The summed E-state index contributed by atoms with van der Waals surface area (Å²) in [5, 5.41) is 9.62. The van der Waals surface area contributed by atoms with Crippen LogP contribution >= 0.6 is 24.0 Å². The molecule has 1 amide bonds. The van der Waals surface area contributed by atoms with Gasteiger partial charge in [-0.05, 0) is 41.7 Å². The molecule has 5 nitrogen and oxygen atoms in total. The molecule has 0 spiro atoms. The van der Waals surface area contributed by atoms with E-state index in [1.165, 1.54) is 11.1 Å². The highest BCUT2D eigenvalue weighted by Gasteiger charge is 2.04. The van der Waals surface area contributed by atoms with Crippen molar-refractivity contribution < 1.29 is 4.79 Å². The molecule has 2 aromatic carbocycles. The van der Waals surface area contributed by atoms with E-state index in [1.807, 2.05) is 31.2 Å².